The Morgan fingerprint density at radius 1 is 1.35 bits per heavy atom. The van der Waals surface area contributed by atoms with Crippen molar-refractivity contribution < 1.29 is 14.6 Å². The third-order valence-electron chi connectivity index (χ3n) is 2.18. The Morgan fingerprint density at radius 3 is 2.82 bits per heavy atom. The van der Waals surface area contributed by atoms with Crippen molar-refractivity contribution in [3.63, 3.8) is 0 Å². The summed E-state index contributed by atoms with van der Waals surface area (Å²) in [6, 6.07) is 1.81. The van der Waals surface area contributed by atoms with Crippen LogP contribution in [0.2, 0.25) is 0 Å². The second kappa shape index (κ2) is 5.11. The lowest BCUT2D eigenvalue weighted by Gasteiger charge is -1.99. The van der Waals surface area contributed by atoms with Gasteiger partial charge in [-0.15, -0.1) is 0 Å². The van der Waals surface area contributed by atoms with Crippen molar-refractivity contribution in [2.45, 2.75) is 13.0 Å². The number of aryl methyl sites for hydroxylation is 1. The average molecular weight is 230 g/mol. The lowest BCUT2D eigenvalue weighted by atomic mass is 10.2. The maximum absolute atomic E-state index is 10.3. The van der Waals surface area contributed by atoms with Crippen LogP contribution in [-0.4, -0.2) is 21.0 Å². The summed E-state index contributed by atoms with van der Waals surface area (Å²) in [6.07, 6.45) is 8.11. The molecule has 0 atom stereocenters. The zero-order valence-corrected chi connectivity index (χ0v) is 8.98. The molecule has 17 heavy (non-hydrogen) atoms. The lowest BCUT2D eigenvalue weighted by Crippen LogP contribution is -2.40. The molecule has 0 saturated heterocycles. The van der Waals surface area contributed by atoms with Crippen LogP contribution in [0.4, 0.5) is 0 Å². The van der Waals surface area contributed by atoms with E-state index in [4.69, 9.17) is 0 Å². The van der Waals surface area contributed by atoms with Crippen molar-refractivity contribution in [2.24, 2.45) is 0 Å². The fourth-order valence-electron chi connectivity index (χ4n) is 1.32. The van der Waals surface area contributed by atoms with Crippen molar-refractivity contribution >= 4 is 5.97 Å². The topological polar surface area (TPSA) is 82.7 Å². The van der Waals surface area contributed by atoms with Crippen LogP contribution in [0.1, 0.15) is 6.42 Å². The molecule has 2 rings (SSSR count). The standard InChI is InChI=1S/C11H10N4O2/c16-11(17)2-6-15-5-1-9(7-14-15)10-8-12-3-4-13-10/h1,3-5,7-8H,2,6H2. The van der Waals surface area contributed by atoms with E-state index in [2.05, 4.69) is 15.1 Å². The molecular weight excluding hydrogens is 220 g/mol. The molecule has 0 aliphatic heterocycles. The Balaban J connectivity index is 2.11. The SMILES string of the molecule is O=C([O-])CC[n+]1ccc(-c2cnccn2)cn1. The number of aliphatic carboxylic acids is 1. The summed E-state index contributed by atoms with van der Waals surface area (Å²) >= 11 is 0. The Morgan fingerprint density at radius 2 is 2.24 bits per heavy atom. The number of carbonyl (C=O) groups excluding carboxylic acids is 1. The number of carboxylic acids is 1. The van der Waals surface area contributed by atoms with Gasteiger partial charge in [0.25, 0.3) is 0 Å². The number of carbonyl (C=O) groups is 1. The molecule has 0 saturated carbocycles. The molecule has 6 nitrogen and oxygen atoms in total. The molecule has 2 aromatic heterocycles. The van der Waals surface area contributed by atoms with Gasteiger partial charge in [-0.05, 0) is 5.10 Å². The van der Waals surface area contributed by atoms with E-state index in [-0.39, 0.29) is 6.42 Å². The molecule has 0 unspecified atom stereocenters. The van der Waals surface area contributed by atoms with Gasteiger partial charge in [-0.3, -0.25) is 9.97 Å². The number of aromatic nitrogens is 4. The summed E-state index contributed by atoms with van der Waals surface area (Å²) in [7, 11) is 0. The molecule has 86 valence electrons. The zero-order chi connectivity index (χ0) is 12.1. The van der Waals surface area contributed by atoms with Crippen molar-refractivity contribution in [2.75, 3.05) is 0 Å². The molecule has 0 N–H and O–H groups in total. The molecule has 0 bridgehead atoms. The van der Waals surface area contributed by atoms with Crippen LogP contribution in [0.15, 0.2) is 37.1 Å². The van der Waals surface area contributed by atoms with Gasteiger partial charge in [0.05, 0.1) is 11.9 Å². The van der Waals surface area contributed by atoms with Crippen LogP contribution < -0.4 is 9.79 Å². The quantitative estimate of drug-likeness (QED) is 0.627. The van der Waals surface area contributed by atoms with Crippen LogP contribution in [0, 0.1) is 0 Å². The number of nitrogens with zero attached hydrogens (tertiary/aromatic N) is 4. The Hall–Kier alpha value is -2.37. The summed E-state index contributed by atoms with van der Waals surface area (Å²) in [5, 5.41) is 14.4. The van der Waals surface area contributed by atoms with Gasteiger partial charge in [0, 0.05) is 36.4 Å². The van der Waals surface area contributed by atoms with E-state index in [1.807, 2.05) is 6.07 Å². The maximum Gasteiger partial charge on any atom is 0.197 e. The number of hydrogen-bond donors (Lipinski definition) is 0. The predicted octanol–water partition coefficient (Wildman–Crippen LogP) is -1.03. The molecule has 0 radical (unpaired) electrons. The van der Waals surface area contributed by atoms with E-state index in [1.54, 1.807) is 31.0 Å². The molecule has 2 aromatic rings. The van der Waals surface area contributed by atoms with Crippen LogP contribution in [0.5, 0.6) is 0 Å². The van der Waals surface area contributed by atoms with Crippen molar-refractivity contribution in [3.05, 3.63) is 37.1 Å². The largest absolute Gasteiger partial charge is 0.550 e. The highest BCUT2D eigenvalue weighted by molar-refractivity contribution is 5.63. The van der Waals surface area contributed by atoms with Gasteiger partial charge < -0.3 is 9.90 Å². The van der Waals surface area contributed by atoms with Gasteiger partial charge in [-0.25, -0.2) is 0 Å². The van der Waals surface area contributed by atoms with Crippen molar-refractivity contribution in [1.82, 2.24) is 15.1 Å². The number of carboxylic acid groups (broad SMARTS) is 1. The first-order valence-corrected chi connectivity index (χ1v) is 5.08. The van der Waals surface area contributed by atoms with Crippen LogP contribution in [0.25, 0.3) is 11.3 Å². The van der Waals surface area contributed by atoms with Crippen LogP contribution in [0.3, 0.4) is 0 Å². The van der Waals surface area contributed by atoms with Gasteiger partial charge in [0.1, 0.15) is 6.20 Å². The Kier molecular flexibility index (Phi) is 3.34. The van der Waals surface area contributed by atoms with E-state index in [0.29, 0.717) is 6.54 Å². The highest BCUT2D eigenvalue weighted by atomic mass is 16.4. The van der Waals surface area contributed by atoms with E-state index >= 15 is 0 Å². The van der Waals surface area contributed by atoms with Crippen LogP contribution >= 0.6 is 0 Å². The molecular formula is C11H10N4O2. The minimum absolute atomic E-state index is 0.0534. The van der Waals surface area contributed by atoms with Crippen LogP contribution in [-0.2, 0) is 11.3 Å². The van der Waals surface area contributed by atoms with Gasteiger partial charge in [-0.2, -0.15) is 0 Å². The molecule has 0 amide bonds. The monoisotopic (exact) mass is 230 g/mol. The summed E-state index contributed by atoms with van der Waals surface area (Å²) < 4.78 is 1.54. The second-order valence-corrected chi connectivity index (χ2v) is 3.39. The fourth-order valence-corrected chi connectivity index (χ4v) is 1.32. The lowest BCUT2D eigenvalue weighted by molar-refractivity contribution is -0.753. The summed E-state index contributed by atoms with van der Waals surface area (Å²) in [6.45, 7) is 0.295. The molecule has 6 heteroatoms. The highest BCUT2D eigenvalue weighted by Crippen LogP contribution is 2.11. The number of rotatable bonds is 4. The zero-order valence-electron chi connectivity index (χ0n) is 8.98. The van der Waals surface area contributed by atoms with Crippen molar-refractivity contribution in [3.8, 4) is 11.3 Å². The molecule has 0 aromatic carbocycles. The minimum atomic E-state index is -1.09. The van der Waals surface area contributed by atoms with Crippen molar-refractivity contribution in [1.29, 1.82) is 0 Å². The van der Waals surface area contributed by atoms with E-state index in [1.165, 1.54) is 4.68 Å². The third kappa shape index (κ3) is 3.04. The predicted molar refractivity (Wildman–Crippen MR) is 55.1 cm³/mol. The molecule has 0 aliphatic rings. The average Bonchev–Trinajstić information content (AvgIpc) is 2.38. The van der Waals surface area contributed by atoms with Gasteiger partial charge >= 0.3 is 0 Å². The smallest absolute Gasteiger partial charge is 0.197 e. The third-order valence-corrected chi connectivity index (χ3v) is 2.18. The van der Waals surface area contributed by atoms with E-state index in [9.17, 15) is 9.90 Å². The Labute approximate surface area is 97.6 Å². The summed E-state index contributed by atoms with van der Waals surface area (Å²) in [5.74, 6) is -1.09. The first-order chi connectivity index (χ1) is 8.25. The first kappa shape index (κ1) is 11.1. The molecule has 2 heterocycles. The maximum atomic E-state index is 10.3. The first-order valence-electron chi connectivity index (χ1n) is 5.08. The summed E-state index contributed by atoms with van der Waals surface area (Å²) in [5.41, 5.74) is 1.56. The normalized spacial score (nSPS) is 10.1. The van der Waals surface area contributed by atoms with E-state index in [0.717, 1.165) is 11.3 Å². The highest BCUT2D eigenvalue weighted by Gasteiger charge is 2.05. The van der Waals surface area contributed by atoms with Gasteiger partial charge in [0.15, 0.2) is 12.7 Å². The molecule has 0 fully saturated rings. The van der Waals surface area contributed by atoms with E-state index < -0.39 is 5.97 Å². The van der Waals surface area contributed by atoms with Gasteiger partial charge in [-0.1, -0.05) is 4.68 Å². The summed E-state index contributed by atoms with van der Waals surface area (Å²) in [4.78, 5) is 18.4. The fraction of sp³-hybridized carbons (Fsp3) is 0.182. The molecule has 0 spiro atoms. The molecule has 0 aliphatic carbocycles. The Bertz CT molecular complexity index is 499. The van der Waals surface area contributed by atoms with Gasteiger partial charge in [0.2, 0.25) is 0 Å². The minimum Gasteiger partial charge on any atom is -0.550 e. The number of hydrogen-bond acceptors (Lipinski definition) is 5. The second-order valence-electron chi connectivity index (χ2n) is 3.39.